The molecule has 0 saturated carbocycles. The lowest BCUT2D eigenvalue weighted by atomic mass is 9.90. The van der Waals surface area contributed by atoms with Gasteiger partial charge in [-0.3, -0.25) is 13.8 Å². The third kappa shape index (κ3) is 6.10. The van der Waals surface area contributed by atoms with Crippen LogP contribution in [0.1, 0.15) is 17.1 Å². The van der Waals surface area contributed by atoms with Crippen molar-refractivity contribution in [2.75, 3.05) is 0 Å². The number of rotatable bonds is 9. The van der Waals surface area contributed by atoms with Crippen LogP contribution in [0.3, 0.4) is 0 Å². The van der Waals surface area contributed by atoms with Crippen molar-refractivity contribution < 1.29 is 0 Å². The van der Waals surface area contributed by atoms with Gasteiger partial charge in [-0.05, 0) is 37.5 Å². The maximum absolute atomic E-state index is 5.56. The van der Waals surface area contributed by atoms with E-state index in [0.29, 0.717) is 0 Å². The molecule has 3 heterocycles. The van der Waals surface area contributed by atoms with Gasteiger partial charge in [-0.2, -0.15) is 15.3 Å². The molecular formula is C48H39BN6. The van der Waals surface area contributed by atoms with Crippen molar-refractivity contribution in [1.82, 2.24) is 29.1 Å². The Labute approximate surface area is 322 Å². The quantitative estimate of drug-likeness (QED) is 0.140. The fourth-order valence-corrected chi connectivity index (χ4v) is 7.79. The van der Waals surface area contributed by atoms with E-state index in [4.69, 9.17) is 15.3 Å². The van der Waals surface area contributed by atoms with Gasteiger partial charge in [0.1, 0.15) is 0 Å². The molecule has 264 valence electrons. The average Bonchev–Trinajstić information content (AvgIpc) is 3.90. The molecule has 7 heteroatoms. The number of aromatic nitrogens is 6. The van der Waals surface area contributed by atoms with Crippen LogP contribution in [0.5, 0.6) is 0 Å². The van der Waals surface area contributed by atoms with Crippen LogP contribution in [0.15, 0.2) is 182 Å². The minimum atomic E-state index is -0.611. The Balaban J connectivity index is 1.39. The molecule has 0 atom stereocenters. The Bertz CT molecular complexity index is 2400. The molecule has 0 bridgehead atoms. The lowest BCUT2D eigenvalue weighted by Gasteiger charge is -2.19. The first kappa shape index (κ1) is 33.8. The molecule has 0 aliphatic carbocycles. The van der Waals surface area contributed by atoms with E-state index in [2.05, 4.69) is 198 Å². The highest BCUT2D eigenvalue weighted by molar-refractivity contribution is 6.53. The SMILES string of the molecule is Cc1c(-c2ccccc2)c(-c2ccccc2)nn1B(n1nc(-c2ccccc2)c(-c2ccccc2)c1C)n1nc(-c2ccccc2)c(-c2ccccc2)c1C. The van der Waals surface area contributed by atoms with Crippen molar-refractivity contribution in [2.45, 2.75) is 20.8 Å². The van der Waals surface area contributed by atoms with Crippen LogP contribution in [-0.2, 0) is 0 Å². The van der Waals surface area contributed by atoms with Crippen molar-refractivity contribution in [3.05, 3.63) is 199 Å². The molecule has 3 aromatic heterocycles. The van der Waals surface area contributed by atoms with E-state index in [9.17, 15) is 0 Å². The molecule has 6 nitrogen and oxygen atoms in total. The molecule has 9 rings (SSSR count). The van der Waals surface area contributed by atoms with E-state index in [-0.39, 0.29) is 0 Å². The predicted octanol–water partition coefficient (Wildman–Crippen LogP) is 11.1. The Kier molecular flexibility index (Phi) is 8.88. The summed E-state index contributed by atoms with van der Waals surface area (Å²) < 4.78 is 6.37. The van der Waals surface area contributed by atoms with E-state index < -0.39 is 7.12 Å². The van der Waals surface area contributed by atoms with Crippen LogP contribution in [-0.4, -0.2) is 36.2 Å². The second-order valence-corrected chi connectivity index (χ2v) is 13.8. The number of hydrogen-bond acceptors (Lipinski definition) is 3. The summed E-state index contributed by atoms with van der Waals surface area (Å²) in [6.45, 7) is 6.50. The minimum absolute atomic E-state index is 0.611. The molecule has 9 aromatic rings. The van der Waals surface area contributed by atoms with Crippen molar-refractivity contribution in [1.29, 1.82) is 0 Å². The highest BCUT2D eigenvalue weighted by atomic mass is 15.5. The number of hydrogen-bond donors (Lipinski definition) is 0. The maximum Gasteiger partial charge on any atom is 0.569 e. The van der Waals surface area contributed by atoms with Gasteiger partial charge in [-0.1, -0.05) is 182 Å². The van der Waals surface area contributed by atoms with Crippen LogP contribution in [0.25, 0.3) is 67.2 Å². The van der Waals surface area contributed by atoms with Gasteiger partial charge >= 0.3 is 7.12 Å². The second-order valence-electron chi connectivity index (χ2n) is 13.8. The van der Waals surface area contributed by atoms with Crippen molar-refractivity contribution in [3.8, 4) is 67.2 Å². The summed E-state index contributed by atoms with van der Waals surface area (Å²) in [4.78, 5) is 0. The minimum Gasteiger partial charge on any atom is -0.265 e. The van der Waals surface area contributed by atoms with Gasteiger partial charge in [-0.15, -0.1) is 0 Å². The molecule has 0 unspecified atom stereocenters. The molecule has 55 heavy (non-hydrogen) atoms. The molecule has 0 aliphatic heterocycles. The largest absolute Gasteiger partial charge is 0.569 e. The van der Waals surface area contributed by atoms with Gasteiger partial charge in [0.15, 0.2) is 0 Å². The predicted molar refractivity (Wildman–Crippen MR) is 225 cm³/mol. The topological polar surface area (TPSA) is 53.5 Å². The summed E-state index contributed by atoms with van der Waals surface area (Å²) in [6.07, 6.45) is 0. The molecule has 0 aliphatic rings. The smallest absolute Gasteiger partial charge is 0.265 e. The molecule has 0 fully saturated rings. The van der Waals surface area contributed by atoms with Gasteiger partial charge in [0.25, 0.3) is 0 Å². The first-order valence-corrected chi connectivity index (χ1v) is 18.7. The fraction of sp³-hybridized carbons (Fsp3) is 0.0625. The lowest BCUT2D eigenvalue weighted by Crippen LogP contribution is -2.45. The van der Waals surface area contributed by atoms with E-state index >= 15 is 0 Å². The Morgan fingerprint density at radius 3 is 0.709 bits per heavy atom. The Morgan fingerprint density at radius 2 is 0.491 bits per heavy atom. The molecule has 0 saturated heterocycles. The summed E-state index contributed by atoms with van der Waals surface area (Å²) in [7, 11) is -0.611. The third-order valence-electron chi connectivity index (χ3n) is 10.4. The van der Waals surface area contributed by atoms with Crippen molar-refractivity contribution in [2.24, 2.45) is 0 Å². The lowest BCUT2D eigenvalue weighted by molar-refractivity contribution is 0.743. The second kappa shape index (κ2) is 14.4. The van der Waals surface area contributed by atoms with Crippen LogP contribution in [0, 0.1) is 20.8 Å². The summed E-state index contributed by atoms with van der Waals surface area (Å²) in [5.41, 5.74) is 15.4. The first-order chi connectivity index (χ1) is 27.1. The Hall–Kier alpha value is -6.99. The molecule has 0 spiro atoms. The monoisotopic (exact) mass is 710 g/mol. The van der Waals surface area contributed by atoms with Crippen LogP contribution in [0.4, 0.5) is 0 Å². The van der Waals surface area contributed by atoms with Gasteiger partial charge in [0.2, 0.25) is 0 Å². The van der Waals surface area contributed by atoms with Gasteiger partial charge in [-0.25, -0.2) is 0 Å². The third-order valence-corrected chi connectivity index (χ3v) is 10.4. The van der Waals surface area contributed by atoms with Crippen LogP contribution >= 0.6 is 0 Å². The summed E-state index contributed by atoms with van der Waals surface area (Å²) in [5.74, 6) is 0. The highest BCUT2D eigenvalue weighted by Crippen LogP contribution is 2.39. The molecule has 6 aromatic carbocycles. The normalized spacial score (nSPS) is 11.2. The van der Waals surface area contributed by atoms with Gasteiger partial charge in [0, 0.05) is 50.5 Å². The highest BCUT2D eigenvalue weighted by Gasteiger charge is 2.38. The van der Waals surface area contributed by atoms with E-state index in [0.717, 1.165) is 84.2 Å². The zero-order valence-electron chi connectivity index (χ0n) is 31.1. The standard InChI is InChI=1S/C48H39BN6/c1-34-43(37-22-10-4-11-23-37)46(40-28-16-7-17-29-40)50-53(34)49(54-35(2)44(38-24-12-5-13-25-38)47(51-54)41-30-18-8-19-31-41)55-36(3)45(39-26-14-6-15-27-39)48(52-55)42-32-20-9-21-33-42/h4-33H,1-3H3. The van der Waals surface area contributed by atoms with E-state index in [1.165, 1.54) is 0 Å². The molecule has 0 radical (unpaired) electrons. The summed E-state index contributed by atoms with van der Waals surface area (Å²) in [5, 5.41) is 16.7. The van der Waals surface area contributed by atoms with E-state index in [1.807, 2.05) is 18.2 Å². The zero-order valence-corrected chi connectivity index (χ0v) is 31.1. The fourth-order valence-electron chi connectivity index (χ4n) is 7.79. The summed E-state index contributed by atoms with van der Waals surface area (Å²) >= 11 is 0. The van der Waals surface area contributed by atoms with Crippen molar-refractivity contribution in [3.63, 3.8) is 0 Å². The van der Waals surface area contributed by atoms with Gasteiger partial charge < -0.3 is 0 Å². The zero-order chi connectivity index (χ0) is 37.3. The van der Waals surface area contributed by atoms with Crippen molar-refractivity contribution >= 4 is 7.12 Å². The van der Waals surface area contributed by atoms with Gasteiger partial charge in [0.05, 0.1) is 17.1 Å². The molecular weight excluding hydrogens is 671 g/mol. The van der Waals surface area contributed by atoms with Crippen LogP contribution in [0.2, 0.25) is 0 Å². The van der Waals surface area contributed by atoms with E-state index in [1.54, 1.807) is 0 Å². The Morgan fingerprint density at radius 1 is 0.291 bits per heavy atom. The number of benzene rings is 6. The molecule has 0 amide bonds. The average molecular weight is 711 g/mol. The van der Waals surface area contributed by atoms with Crippen LogP contribution < -0.4 is 0 Å². The molecule has 0 N–H and O–H groups in total. The maximum atomic E-state index is 5.56. The first-order valence-electron chi connectivity index (χ1n) is 18.7. The number of nitrogens with zero attached hydrogens (tertiary/aromatic N) is 6. The summed E-state index contributed by atoms with van der Waals surface area (Å²) in [6, 6.07) is 63.0.